The van der Waals surface area contributed by atoms with Crippen LogP contribution in [0.5, 0.6) is 0 Å². The normalized spacial score (nSPS) is 10.7. The Morgan fingerprint density at radius 3 is 2.57 bits per heavy atom. The quantitative estimate of drug-likeness (QED) is 0.841. The summed E-state index contributed by atoms with van der Waals surface area (Å²) in [4.78, 5) is 24.4. The molecule has 0 spiro atoms. The van der Waals surface area contributed by atoms with E-state index in [4.69, 9.17) is 16.7 Å². The highest BCUT2D eigenvalue weighted by atomic mass is 35.5. The first kappa shape index (κ1) is 17.4. The largest absolute Gasteiger partial charge is 0.481 e. The van der Waals surface area contributed by atoms with Crippen LogP contribution in [0.1, 0.15) is 25.8 Å². The Labute approximate surface area is 128 Å². The molecule has 0 saturated carbocycles. The van der Waals surface area contributed by atoms with Crippen molar-refractivity contribution in [3.63, 3.8) is 0 Å². The number of rotatable bonds is 7. The fourth-order valence-electron chi connectivity index (χ4n) is 1.95. The van der Waals surface area contributed by atoms with E-state index in [-0.39, 0.29) is 41.8 Å². The summed E-state index contributed by atoms with van der Waals surface area (Å²) in [6.07, 6.45) is -0.304. The van der Waals surface area contributed by atoms with Crippen molar-refractivity contribution in [1.82, 2.24) is 4.90 Å². The number of amides is 1. The first-order valence-corrected chi connectivity index (χ1v) is 7.11. The fourth-order valence-corrected chi connectivity index (χ4v) is 2.18. The Bertz CT molecular complexity index is 499. The second-order valence-electron chi connectivity index (χ2n) is 5.25. The lowest BCUT2D eigenvalue weighted by molar-refractivity contribution is -0.138. The van der Waals surface area contributed by atoms with Gasteiger partial charge in [0.05, 0.1) is 12.8 Å². The molecule has 116 valence electrons. The highest BCUT2D eigenvalue weighted by Crippen LogP contribution is 2.20. The molecule has 0 unspecified atom stereocenters. The molecule has 1 N–H and O–H groups in total. The molecule has 4 nitrogen and oxygen atoms in total. The third-order valence-electron chi connectivity index (χ3n) is 2.92. The van der Waals surface area contributed by atoms with Crippen LogP contribution in [-0.4, -0.2) is 35.0 Å². The Morgan fingerprint density at radius 2 is 2.05 bits per heavy atom. The van der Waals surface area contributed by atoms with Gasteiger partial charge in [0.1, 0.15) is 5.82 Å². The maximum atomic E-state index is 13.7. The highest BCUT2D eigenvalue weighted by molar-refractivity contribution is 6.31. The highest BCUT2D eigenvalue weighted by Gasteiger charge is 2.19. The molecule has 0 aliphatic heterocycles. The van der Waals surface area contributed by atoms with Gasteiger partial charge in [-0.05, 0) is 18.1 Å². The van der Waals surface area contributed by atoms with E-state index >= 15 is 0 Å². The van der Waals surface area contributed by atoms with E-state index in [0.29, 0.717) is 6.54 Å². The standard InChI is InChI=1S/C15H19ClFNO3/c1-10(2)9-18(7-6-15(20)21)14(19)8-11-12(16)4-3-5-13(11)17/h3-5,10H,6-9H2,1-2H3,(H,20,21). The van der Waals surface area contributed by atoms with Gasteiger partial charge in [-0.3, -0.25) is 9.59 Å². The summed E-state index contributed by atoms with van der Waals surface area (Å²) in [6, 6.07) is 4.25. The second kappa shape index (κ2) is 7.98. The number of benzene rings is 1. The van der Waals surface area contributed by atoms with E-state index < -0.39 is 11.8 Å². The van der Waals surface area contributed by atoms with Gasteiger partial charge in [-0.25, -0.2) is 4.39 Å². The van der Waals surface area contributed by atoms with Crippen LogP contribution in [0.3, 0.4) is 0 Å². The number of aliphatic carboxylic acids is 1. The van der Waals surface area contributed by atoms with Crippen LogP contribution < -0.4 is 0 Å². The van der Waals surface area contributed by atoms with Crippen molar-refractivity contribution in [2.45, 2.75) is 26.7 Å². The van der Waals surface area contributed by atoms with Gasteiger partial charge in [0.25, 0.3) is 0 Å². The number of carboxylic acids is 1. The maximum Gasteiger partial charge on any atom is 0.305 e. The predicted molar refractivity (Wildman–Crippen MR) is 78.8 cm³/mol. The lowest BCUT2D eigenvalue weighted by atomic mass is 10.1. The molecule has 0 bridgehead atoms. The van der Waals surface area contributed by atoms with Gasteiger partial charge in [-0.2, -0.15) is 0 Å². The molecule has 1 aromatic carbocycles. The van der Waals surface area contributed by atoms with Crippen LogP contribution in [0.4, 0.5) is 4.39 Å². The summed E-state index contributed by atoms with van der Waals surface area (Å²) < 4.78 is 13.7. The molecular formula is C15H19ClFNO3. The van der Waals surface area contributed by atoms with Gasteiger partial charge in [-0.15, -0.1) is 0 Å². The van der Waals surface area contributed by atoms with E-state index in [1.165, 1.54) is 23.1 Å². The zero-order valence-corrected chi connectivity index (χ0v) is 12.9. The average molecular weight is 316 g/mol. The number of carbonyl (C=O) groups excluding carboxylic acids is 1. The van der Waals surface area contributed by atoms with Crippen molar-refractivity contribution >= 4 is 23.5 Å². The minimum Gasteiger partial charge on any atom is -0.481 e. The van der Waals surface area contributed by atoms with Crippen molar-refractivity contribution < 1.29 is 19.1 Å². The van der Waals surface area contributed by atoms with Crippen molar-refractivity contribution in [3.8, 4) is 0 Å². The molecule has 0 fully saturated rings. The van der Waals surface area contributed by atoms with Crippen molar-refractivity contribution in [2.75, 3.05) is 13.1 Å². The van der Waals surface area contributed by atoms with Crippen molar-refractivity contribution in [1.29, 1.82) is 0 Å². The number of halogens is 2. The van der Waals surface area contributed by atoms with E-state index in [2.05, 4.69) is 0 Å². The maximum absolute atomic E-state index is 13.7. The Morgan fingerprint density at radius 1 is 1.38 bits per heavy atom. The van der Waals surface area contributed by atoms with Crippen LogP contribution in [0, 0.1) is 11.7 Å². The minimum absolute atomic E-state index is 0.110. The lowest BCUT2D eigenvalue weighted by Crippen LogP contribution is -2.37. The monoisotopic (exact) mass is 315 g/mol. The molecule has 21 heavy (non-hydrogen) atoms. The van der Waals surface area contributed by atoms with Gasteiger partial charge < -0.3 is 10.0 Å². The van der Waals surface area contributed by atoms with Crippen molar-refractivity contribution in [3.05, 3.63) is 34.6 Å². The molecular weight excluding hydrogens is 297 g/mol. The number of hydrogen-bond acceptors (Lipinski definition) is 2. The molecule has 0 radical (unpaired) electrons. The summed E-state index contributed by atoms with van der Waals surface area (Å²) in [7, 11) is 0. The smallest absolute Gasteiger partial charge is 0.305 e. The summed E-state index contributed by atoms with van der Waals surface area (Å²) in [6.45, 7) is 4.39. The van der Waals surface area contributed by atoms with Crippen LogP contribution in [0.2, 0.25) is 5.02 Å². The molecule has 1 aromatic rings. The Balaban J connectivity index is 2.82. The van der Waals surface area contributed by atoms with Gasteiger partial charge in [-0.1, -0.05) is 31.5 Å². The number of nitrogens with zero attached hydrogens (tertiary/aromatic N) is 1. The number of carbonyl (C=O) groups is 2. The molecule has 0 atom stereocenters. The van der Waals surface area contributed by atoms with Gasteiger partial charge in [0.2, 0.25) is 5.91 Å². The molecule has 0 aliphatic carbocycles. The first-order chi connectivity index (χ1) is 9.81. The van der Waals surface area contributed by atoms with Crippen LogP contribution in [-0.2, 0) is 16.0 Å². The third-order valence-corrected chi connectivity index (χ3v) is 3.28. The van der Waals surface area contributed by atoms with Crippen LogP contribution >= 0.6 is 11.6 Å². The van der Waals surface area contributed by atoms with E-state index in [9.17, 15) is 14.0 Å². The Hall–Kier alpha value is -1.62. The first-order valence-electron chi connectivity index (χ1n) is 6.73. The van der Waals surface area contributed by atoms with Crippen LogP contribution in [0.15, 0.2) is 18.2 Å². The molecule has 0 aromatic heterocycles. The topological polar surface area (TPSA) is 57.6 Å². The molecule has 0 heterocycles. The summed E-state index contributed by atoms with van der Waals surface area (Å²) in [5.41, 5.74) is 0.147. The van der Waals surface area contributed by atoms with Gasteiger partial charge >= 0.3 is 5.97 Å². The Kier molecular flexibility index (Phi) is 6.62. The SMILES string of the molecule is CC(C)CN(CCC(=O)O)C(=O)Cc1c(F)cccc1Cl. The molecule has 1 rings (SSSR count). The summed E-state index contributed by atoms with van der Waals surface area (Å²) in [5.74, 6) is -1.63. The minimum atomic E-state index is -0.972. The molecule has 0 aliphatic rings. The van der Waals surface area contributed by atoms with Gasteiger partial charge in [0.15, 0.2) is 0 Å². The third kappa shape index (κ3) is 5.71. The summed E-state index contributed by atoms with van der Waals surface area (Å²) >= 11 is 5.91. The van der Waals surface area contributed by atoms with E-state index in [1.807, 2.05) is 13.8 Å². The van der Waals surface area contributed by atoms with Crippen molar-refractivity contribution in [2.24, 2.45) is 5.92 Å². The summed E-state index contributed by atoms with van der Waals surface area (Å²) in [5, 5.41) is 8.94. The predicted octanol–water partition coefficient (Wildman–Crippen LogP) is 2.98. The second-order valence-corrected chi connectivity index (χ2v) is 5.66. The molecule has 1 amide bonds. The van der Waals surface area contributed by atoms with Gasteiger partial charge in [0, 0.05) is 23.7 Å². The zero-order valence-electron chi connectivity index (χ0n) is 12.1. The molecule has 6 heteroatoms. The fraction of sp³-hybridized carbons (Fsp3) is 0.467. The number of hydrogen-bond donors (Lipinski definition) is 1. The average Bonchev–Trinajstić information content (AvgIpc) is 2.38. The number of carboxylic acid groups (broad SMARTS) is 1. The van der Waals surface area contributed by atoms with E-state index in [1.54, 1.807) is 0 Å². The lowest BCUT2D eigenvalue weighted by Gasteiger charge is -2.24. The van der Waals surface area contributed by atoms with Crippen LogP contribution in [0.25, 0.3) is 0 Å². The van der Waals surface area contributed by atoms with E-state index in [0.717, 1.165) is 0 Å². The molecule has 0 saturated heterocycles. The zero-order chi connectivity index (χ0) is 16.0.